The summed E-state index contributed by atoms with van der Waals surface area (Å²) < 4.78 is 4.77. The molecule has 0 aromatic heterocycles. The van der Waals surface area contributed by atoms with Gasteiger partial charge in [0.25, 0.3) is 0 Å². The number of nitrogens with one attached hydrogen (secondary N) is 1. The van der Waals surface area contributed by atoms with Crippen molar-refractivity contribution in [3.8, 4) is 0 Å². The Bertz CT molecular complexity index is 773. The highest BCUT2D eigenvalue weighted by molar-refractivity contribution is 6.00. The Kier molecular flexibility index (Phi) is 4.51. The van der Waals surface area contributed by atoms with Crippen molar-refractivity contribution in [2.24, 2.45) is 0 Å². The first-order valence-corrected chi connectivity index (χ1v) is 7.93. The first-order valence-electron chi connectivity index (χ1n) is 7.93. The van der Waals surface area contributed by atoms with Gasteiger partial charge in [-0.05, 0) is 37.1 Å². The molecule has 124 valence electrons. The topological polar surface area (TPSA) is 58.6 Å². The van der Waals surface area contributed by atoms with Gasteiger partial charge >= 0.3 is 5.97 Å². The molecule has 1 atom stereocenters. The molecule has 0 saturated carbocycles. The Hall–Kier alpha value is -2.82. The standard InChI is InChI=1S/C19H20N2O3/c1-13-11-14-7-3-6-10-17(14)21(13)18(22)12-20-16-9-5-4-8-15(16)19(23)24-2/h3-10,13,20H,11-12H2,1-2H3. The molecule has 5 nitrogen and oxygen atoms in total. The van der Waals surface area contributed by atoms with Gasteiger partial charge < -0.3 is 15.0 Å². The second kappa shape index (κ2) is 6.74. The quantitative estimate of drug-likeness (QED) is 0.879. The highest BCUT2D eigenvalue weighted by atomic mass is 16.5. The number of para-hydroxylation sites is 2. The van der Waals surface area contributed by atoms with Crippen LogP contribution in [0, 0.1) is 0 Å². The number of methoxy groups -OCH3 is 1. The van der Waals surface area contributed by atoms with Crippen molar-refractivity contribution >= 4 is 23.3 Å². The summed E-state index contributed by atoms with van der Waals surface area (Å²) in [5, 5.41) is 3.06. The monoisotopic (exact) mass is 324 g/mol. The SMILES string of the molecule is COC(=O)c1ccccc1NCC(=O)N1c2ccccc2CC1C. The molecule has 1 aliphatic heterocycles. The predicted octanol–water partition coefficient (Wildman–Crippen LogP) is 2.86. The molecule has 0 radical (unpaired) electrons. The molecular formula is C19H20N2O3. The minimum atomic E-state index is -0.426. The van der Waals surface area contributed by atoms with E-state index in [1.807, 2.05) is 36.1 Å². The van der Waals surface area contributed by atoms with Crippen LogP contribution in [0.4, 0.5) is 11.4 Å². The summed E-state index contributed by atoms with van der Waals surface area (Å²) in [6, 6.07) is 15.1. The Morgan fingerprint density at radius 3 is 2.67 bits per heavy atom. The van der Waals surface area contributed by atoms with E-state index in [2.05, 4.69) is 11.4 Å². The molecule has 2 aromatic carbocycles. The smallest absolute Gasteiger partial charge is 0.339 e. The molecule has 1 N–H and O–H groups in total. The number of fused-ring (bicyclic) bond motifs is 1. The van der Waals surface area contributed by atoms with Crippen LogP contribution in [0.2, 0.25) is 0 Å². The molecule has 3 rings (SSSR count). The Balaban J connectivity index is 1.74. The van der Waals surface area contributed by atoms with Gasteiger partial charge in [-0.15, -0.1) is 0 Å². The van der Waals surface area contributed by atoms with Gasteiger partial charge in [0, 0.05) is 17.4 Å². The lowest BCUT2D eigenvalue weighted by Gasteiger charge is -2.23. The van der Waals surface area contributed by atoms with E-state index in [9.17, 15) is 9.59 Å². The predicted molar refractivity (Wildman–Crippen MR) is 93.4 cm³/mol. The number of carbonyl (C=O) groups is 2. The van der Waals surface area contributed by atoms with Gasteiger partial charge in [-0.1, -0.05) is 30.3 Å². The molecule has 0 spiro atoms. The zero-order chi connectivity index (χ0) is 17.1. The molecule has 1 amide bonds. The molecule has 0 saturated heterocycles. The van der Waals surface area contributed by atoms with Crippen LogP contribution in [-0.2, 0) is 16.0 Å². The van der Waals surface area contributed by atoms with Crippen molar-refractivity contribution in [2.45, 2.75) is 19.4 Å². The molecule has 1 unspecified atom stereocenters. The minimum absolute atomic E-state index is 0.0212. The number of hydrogen-bond donors (Lipinski definition) is 1. The molecule has 5 heteroatoms. The van der Waals surface area contributed by atoms with Crippen molar-refractivity contribution in [3.63, 3.8) is 0 Å². The number of ether oxygens (including phenoxy) is 1. The first kappa shape index (κ1) is 16.1. The summed E-state index contributed by atoms with van der Waals surface area (Å²) in [5.74, 6) is -0.447. The maximum absolute atomic E-state index is 12.7. The molecule has 1 aliphatic rings. The van der Waals surface area contributed by atoms with Gasteiger partial charge in [0.1, 0.15) is 0 Å². The van der Waals surface area contributed by atoms with Crippen LogP contribution in [0.1, 0.15) is 22.8 Å². The second-order valence-electron chi connectivity index (χ2n) is 5.84. The Morgan fingerprint density at radius 2 is 1.88 bits per heavy atom. The van der Waals surface area contributed by atoms with Crippen LogP contribution in [0.15, 0.2) is 48.5 Å². The van der Waals surface area contributed by atoms with E-state index >= 15 is 0 Å². The van der Waals surface area contributed by atoms with E-state index in [-0.39, 0.29) is 18.5 Å². The third-order valence-corrected chi connectivity index (χ3v) is 4.24. The van der Waals surface area contributed by atoms with E-state index in [0.29, 0.717) is 11.3 Å². The lowest BCUT2D eigenvalue weighted by molar-refractivity contribution is -0.117. The maximum Gasteiger partial charge on any atom is 0.339 e. The first-order chi connectivity index (χ1) is 11.6. The fourth-order valence-electron chi connectivity index (χ4n) is 3.13. The van der Waals surface area contributed by atoms with Crippen LogP contribution < -0.4 is 10.2 Å². The van der Waals surface area contributed by atoms with E-state index in [1.54, 1.807) is 18.2 Å². The van der Waals surface area contributed by atoms with Gasteiger partial charge in [0.05, 0.1) is 19.2 Å². The van der Waals surface area contributed by atoms with E-state index in [4.69, 9.17) is 4.74 Å². The molecule has 0 fully saturated rings. The Labute approximate surface area is 141 Å². The third kappa shape index (κ3) is 2.97. The van der Waals surface area contributed by atoms with Crippen molar-refractivity contribution in [1.82, 2.24) is 0 Å². The van der Waals surface area contributed by atoms with Crippen molar-refractivity contribution in [1.29, 1.82) is 0 Å². The van der Waals surface area contributed by atoms with E-state index in [0.717, 1.165) is 12.1 Å². The molecule has 2 aromatic rings. The average Bonchev–Trinajstić information content (AvgIpc) is 2.95. The average molecular weight is 324 g/mol. The number of amides is 1. The van der Waals surface area contributed by atoms with Gasteiger partial charge in [0.2, 0.25) is 5.91 Å². The summed E-state index contributed by atoms with van der Waals surface area (Å²) in [6.45, 7) is 2.16. The zero-order valence-corrected chi connectivity index (χ0v) is 13.8. The lowest BCUT2D eigenvalue weighted by atomic mass is 10.1. The number of hydrogen-bond acceptors (Lipinski definition) is 4. The molecule has 1 heterocycles. The van der Waals surface area contributed by atoms with Gasteiger partial charge in [0.15, 0.2) is 0 Å². The maximum atomic E-state index is 12.7. The molecule has 0 aliphatic carbocycles. The number of rotatable bonds is 4. The van der Waals surface area contributed by atoms with E-state index in [1.165, 1.54) is 12.7 Å². The summed E-state index contributed by atoms with van der Waals surface area (Å²) in [7, 11) is 1.34. The molecular weight excluding hydrogens is 304 g/mol. The van der Waals surface area contributed by atoms with Crippen molar-refractivity contribution in [3.05, 3.63) is 59.7 Å². The number of anilines is 2. The number of esters is 1. The Morgan fingerprint density at radius 1 is 1.17 bits per heavy atom. The number of nitrogens with zero attached hydrogens (tertiary/aromatic N) is 1. The summed E-state index contributed by atoms with van der Waals surface area (Å²) in [4.78, 5) is 26.3. The number of carbonyl (C=O) groups excluding carboxylic acids is 2. The fraction of sp³-hybridized carbons (Fsp3) is 0.263. The van der Waals surface area contributed by atoms with E-state index < -0.39 is 5.97 Å². The van der Waals surface area contributed by atoms with Gasteiger partial charge in [-0.3, -0.25) is 4.79 Å². The van der Waals surface area contributed by atoms with Crippen LogP contribution in [-0.4, -0.2) is 31.6 Å². The summed E-state index contributed by atoms with van der Waals surface area (Å²) >= 11 is 0. The van der Waals surface area contributed by atoms with Gasteiger partial charge in [-0.2, -0.15) is 0 Å². The van der Waals surface area contributed by atoms with Crippen LogP contribution in [0.25, 0.3) is 0 Å². The van der Waals surface area contributed by atoms with Crippen LogP contribution in [0.5, 0.6) is 0 Å². The summed E-state index contributed by atoms with van der Waals surface area (Å²) in [5.41, 5.74) is 3.17. The molecule has 0 bridgehead atoms. The van der Waals surface area contributed by atoms with Crippen molar-refractivity contribution < 1.29 is 14.3 Å². The normalized spacial score (nSPS) is 15.8. The summed E-state index contributed by atoms with van der Waals surface area (Å²) in [6.07, 6.45) is 0.862. The van der Waals surface area contributed by atoms with Crippen LogP contribution >= 0.6 is 0 Å². The molecule has 24 heavy (non-hydrogen) atoms. The zero-order valence-electron chi connectivity index (χ0n) is 13.8. The highest BCUT2D eigenvalue weighted by Crippen LogP contribution is 2.31. The highest BCUT2D eigenvalue weighted by Gasteiger charge is 2.30. The third-order valence-electron chi connectivity index (χ3n) is 4.24. The minimum Gasteiger partial charge on any atom is -0.465 e. The number of benzene rings is 2. The fourth-order valence-corrected chi connectivity index (χ4v) is 3.13. The largest absolute Gasteiger partial charge is 0.465 e. The van der Waals surface area contributed by atoms with Crippen molar-refractivity contribution in [2.75, 3.05) is 23.9 Å². The second-order valence-corrected chi connectivity index (χ2v) is 5.84. The van der Waals surface area contributed by atoms with Gasteiger partial charge in [-0.25, -0.2) is 4.79 Å². The lowest BCUT2D eigenvalue weighted by Crippen LogP contribution is -2.39. The van der Waals surface area contributed by atoms with Crippen LogP contribution in [0.3, 0.4) is 0 Å².